The van der Waals surface area contributed by atoms with Gasteiger partial charge in [-0.05, 0) is 25.3 Å². The first kappa shape index (κ1) is 9.52. The van der Waals surface area contributed by atoms with Crippen molar-refractivity contribution in [2.45, 2.75) is 38.6 Å². The fourth-order valence-corrected chi connectivity index (χ4v) is 1.35. The van der Waals surface area contributed by atoms with Gasteiger partial charge in [-0.25, -0.2) is 0 Å². The average molecular weight is 171 g/mol. The van der Waals surface area contributed by atoms with Crippen LogP contribution in [0.15, 0.2) is 0 Å². The molecule has 1 saturated carbocycles. The average Bonchev–Trinajstić information content (AvgIpc) is 1.81. The van der Waals surface area contributed by atoms with Crippen LogP contribution in [-0.2, 0) is 4.79 Å². The van der Waals surface area contributed by atoms with Crippen molar-refractivity contribution in [1.29, 1.82) is 0 Å². The van der Waals surface area contributed by atoms with E-state index < -0.39 is 5.97 Å². The summed E-state index contributed by atoms with van der Waals surface area (Å²) in [7, 11) is 0. The number of carbonyl (C=O) groups is 1. The van der Waals surface area contributed by atoms with Gasteiger partial charge in [0, 0.05) is 12.5 Å². The Morgan fingerprint density at radius 3 is 2.75 bits per heavy atom. The van der Waals surface area contributed by atoms with Crippen LogP contribution in [0.3, 0.4) is 0 Å². The van der Waals surface area contributed by atoms with Gasteiger partial charge in [-0.3, -0.25) is 4.79 Å². The molecule has 0 aromatic rings. The fourth-order valence-electron chi connectivity index (χ4n) is 1.35. The lowest BCUT2D eigenvalue weighted by Crippen LogP contribution is -2.38. The molecule has 2 N–H and O–H groups in total. The highest BCUT2D eigenvalue weighted by molar-refractivity contribution is 5.66. The summed E-state index contributed by atoms with van der Waals surface area (Å²) in [6.45, 7) is 2.82. The van der Waals surface area contributed by atoms with E-state index in [1.807, 2.05) is 6.92 Å². The first-order valence-electron chi connectivity index (χ1n) is 4.63. The minimum absolute atomic E-state index is 0.253. The van der Waals surface area contributed by atoms with E-state index in [9.17, 15) is 4.79 Å². The predicted molar refractivity (Wildman–Crippen MR) is 47.1 cm³/mol. The molecule has 70 valence electrons. The second kappa shape index (κ2) is 4.45. The van der Waals surface area contributed by atoms with Crippen LogP contribution in [0, 0.1) is 5.92 Å². The molecule has 1 atom stereocenters. The molecule has 0 spiro atoms. The van der Waals surface area contributed by atoms with E-state index in [0.29, 0.717) is 6.04 Å². The Kier molecular flexibility index (Phi) is 3.53. The molecular weight excluding hydrogens is 154 g/mol. The molecule has 3 nitrogen and oxygen atoms in total. The molecule has 0 heterocycles. The van der Waals surface area contributed by atoms with Crippen LogP contribution in [0.2, 0.25) is 0 Å². The molecule has 0 amide bonds. The van der Waals surface area contributed by atoms with Gasteiger partial charge in [0.2, 0.25) is 0 Å². The summed E-state index contributed by atoms with van der Waals surface area (Å²) in [4.78, 5) is 10.3. The lowest BCUT2D eigenvalue weighted by molar-refractivity contribution is -0.137. The van der Waals surface area contributed by atoms with Crippen LogP contribution in [0.25, 0.3) is 0 Å². The van der Waals surface area contributed by atoms with Gasteiger partial charge in [-0.2, -0.15) is 0 Å². The van der Waals surface area contributed by atoms with E-state index in [1.165, 1.54) is 19.3 Å². The van der Waals surface area contributed by atoms with Crippen molar-refractivity contribution in [2.24, 2.45) is 5.92 Å². The minimum Gasteiger partial charge on any atom is -0.481 e. The van der Waals surface area contributed by atoms with Crippen molar-refractivity contribution < 1.29 is 9.90 Å². The fraction of sp³-hybridized carbons (Fsp3) is 0.889. The molecule has 0 radical (unpaired) electrons. The summed E-state index contributed by atoms with van der Waals surface area (Å²) in [5.74, 6) is -0.444. The Hall–Kier alpha value is -0.570. The molecule has 1 aliphatic carbocycles. The van der Waals surface area contributed by atoms with Crippen molar-refractivity contribution in [2.75, 3.05) is 6.54 Å². The SMILES string of the molecule is CC(CNC1CCC1)CC(=O)O. The second-order valence-electron chi connectivity index (χ2n) is 3.74. The lowest BCUT2D eigenvalue weighted by atomic mass is 9.92. The lowest BCUT2D eigenvalue weighted by Gasteiger charge is -2.27. The Morgan fingerprint density at radius 1 is 1.67 bits per heavy atom. The smallest absolute Gasteiger partial charge is 0.303 e. The number of hydrogen-bond donors (Lipinski definition) is 2. The van der Waals surface area contributed by atoms with E-state index in [0.717, 1.165) is 6.54 Å². The van der Waals surface area contributed by atoms with Crippen molar-refractivity contribution in [3.63, 3.8) is 0 Å². The number of nitrogens with one attached hydrogen (secondary N) is 1. The van der Waals surface area contributed by atoms with Crippen LogP contribution in [0.5, 0.6) is 0 Å². The molecule has 0 saturated heterocycles. The van der Waals surface area contributed by atoms with Crippen LogP contribution < -0.4 is 5.32 Å². The molecule has 12 heavy (non-hydrogen) atoms. The van der Waals surface area contributed by atoms with Crippen molar-refractivity contribution in [1.82, 2.24) is 5.32 Å². The first-order chi connectivity index (χ1) is 5.68. The number of rotatable bonds is 5. The third-order valence-corrected chi connectivity index (χ3v) is 2.38. The largest absolute Gasteiger partial charge is 0.481 e. The van der Waals surface area contributed by atoms with E-state index in [4.69, 9.17) is 5.11 Å². The zero-order valence-corrected chi connectivity index (χ0v) is 7.55. The Balaban J connectivity index is 2.00. The third kappa shape index (κ3) is 3.22. The Morgan fingerprint density at radius 2 is 2.33 bits per heavy atom. The van der Waals surface area contributed by atoms with Gasteiger partial charge >= 0.3 is 5.97 Å². The molecule has 1 fully saturated rings. The minimum atomic E-state index is -0.696. The first-order valence-corrected chi connectivity index (χ1v) is 4.63. The maximum atomic E-state index is 10.3. The Bertz CT molecular complexity index is 155. The van der Waals surface area contributed by atoms with Crippen LogP contribution >= 0.6 is 0 Å². The zero-order chi connectivity index (χ0) is 8.97. The molecular formula is C9H17NO2. The maximum Gasteiger partial charge on any atom is 0.303 e. The molecule has 3 heteroatoms. The molecule has 1 unspecified atom stereocenters. The number of aliphatic carboxylic acids is 1. The van der Waals surface area contributed by atoms with Crippen molar-refractivity contribution in [3.05, 3.63) is 0 Å². The summed E-state index contributed by atoms with van der Waals surface area (Å²) in [6.07, 6.45) is 4.13. The predicted octanol–water partition coefficient (Wildman–Crippen LogP) is 1.24. The maximum absolute atomic E-state index is 10.3. The number of hydrogen-bond acceptors (Lipinski definition) is 2. The summed E-state index contributed by atoms with van der Waals surface area (Å²) < 4.78 is 0. The summed E-state index contributed by atoms with van der Waals surface area (Å²) in [6, 6.07) is 0.668. The van der Waals surface area contributed by atoms with Gasteiger partial charge < -0.3 is 10.4 Å². The summed E-state index contributed by atoms with van der Waals surface area (Å²) >= 11 is 0. The van der Waals surface area contributed by atoms with Crippen LogP contribution in [0.1, 0.15) is 32.6 Å². The monoisotopic (exact) mass is 171 g/mol. The Labute approximate surface area is 73.2 Å². The van der Waals surface area contributed by atoms with Crippen LogP contribution in [0.4, 0.5) is 0 Å². The van der Waals surface area contributed by atoms with E-state index in [2.05, 4.69) is 5.32 Å². The summed E-state index contributed by atoms with van der Waals surface area (Å²) in [5.41, 5.74) is 0. The number of carboxylic acids is 1. The van der Waals surface area contributed by atoms with Crippen molar-refractivity contribution in [3.8, 4) is 0 Å². The van der Waals surface area contributed by atoms with Gasteiger partial charge in [0.15, 0.2) is 0 Å². The second-order valence-corrected chi connectivity index (χ2v) is 3.74. The van der Waals surface area contributed by atoms with Gasteiger partial charge in [0.05, 0.1) is 0 Å². The van der Waals surface area contributed by atoms with Crippen molar-refractivity contribution >= 4 is 5.97 Å². The molecule has 0 aromatic heterocycles. The highest BCUT2D eigenvalue weighted by Crippen LogP contribution is 2.18. The van der Waals surface area contributed by atoms with E-state index in [-0.39, 0.29) is 12.3 Å². The third-order valence-electron chi connectivity index (χ3n) is 2.38. The molecule has 1 rings (SSSR count). The normalized spacial score (nSPS) is 20.1. The van der Waals surface area contributed by atoms with E-state index >= 15 is 0 Å². The molecule has 0 aromatic carbocycles. The topological polar surface area (TPSA) is 49.3 Å². The highest BCUT2D eigenvalue weighted by Gasteiger charge is 2.17. The highest BCUT2D eigenvalue weighted by atomic mass is 16.4. The molecule has 0 bridgehead atoms. The van der Waals surface area contributed by atoms with Gasteiger partial charge in [0.1, 0.15) is 0 Å². The van der Waals surface area contributed by atoms with E-state index in [1.54, 1.807) is 0 Å². The number of carboxylic acid groups (broad SMARTS) is 1. The van der Waals surface area contributed by atoms with Gasteiger partial charge in [-0.1, -0.05) is 13.3 Å². The molecule has 0 aliphatic heterocycles. The quantitative estimate of drug-likeness (QED) is 0.654. The van der Waals surface area contributed by atoms with Gasteiger partial charge in [0.25, 0.3) is 0 Å². The molecule has 1 aliphatic rings. The standard InChI is InChI=1S/C9H17NO2/c1-7(5-9(11)12)6-10-8-3-2-4-8/h7-8,10H,2-6H2,1H3,(H,11,12). The van der Waals surface area contributed by atoms with Crippen LogP contribution in [-0.4, -0.2) is 23.7 Å². The van der Waals surface area contributed by atoms with Gasteiger partial charge in [-0.15, -0.1) is 0 Å². The zero-order valence-electron chi connectivity index (χ0n) is 7.55. The summed E-state index contributed by atoms with van der Waals surface area (Å²) in [5, 5.41) is 11.9.